The fourth-order valence-corrected chi connectivity index (χ4v) is 4.35. The van der Waals surface area contributed by atoms with Crippen molar-refractivity contribution in [2.45, 2.75) is 23.8 Å². The molecule has 1 atom stereocenters. The number of aliphatic carboxylic acids is 1. The molecule has 26 heteroatoms. The third-order valence-corrected chi connectivity index (χ3v) is 7.04. The molecule has 0 aromatic heterocycles. The van der Waals surface area contributed by atoms with Gasteiger partial charge in [-0.15, -0.1) is 0 Å². The smallest absolute Gasteiger partial charge is 0.352 e. The van der Waals surface area contributed by atoms with E-state index in [1.165, 1.54) is 0 Å². The lowest BCUT2D eigenvalue weighted by Gasteiger charge is -2.13. The Morgan fingerprint density at radius 1 is 0.918 bits per heavy atom. The molecule has 2 aromatic rings. The molecule has 17 nitrogen and oxygen atoms in total. The summed E-state index contributed by atoms with van der Waals surface area (Å²) < 4.78 is 139. The maximum absolute atomic E-state index is 13.8. The van der Waals surface area contributed by atoms with Gasteiger partial charge in [0, 0.05) is 35.9 Å². The molecule has 0 aliphatic carbocycles. The van der Waals surface area contributed by atoms with E-state index in [1.807, 2.05) is 14.5 Å². The van der Waals surface area contributed by atoms with E-state index in [0.717, 1.165) is 0 Å². The molecule has 0 saturated heterocycles. The highest BCUT2D eigenvalue weighted by molar-refractivity contribution is 7.89. The quantitative estimate of drug-likeness (QED) is 0.0313. The van der Waals surface area contributed by atoms with Gasteiger partial charge in [0.1, 0.15) is 23.0 Å². The highest BCUT2D eigenvalue weighted by atomic mass is 32.2. The molecule has 0 fully saturated rings. The van der Waals surface area contributed by atoms with Gasteiger partial charge in [-0.05, 0) is 31.6 Å². The van der Waals surface area contributed by atoms with Gasteiger partial charge in [-0.1, -0.05) is 10.2 Å². The van der Waals surface area contributed by atoms with Gasteiger partial charge in [-0.25, -0.2) is 58.1 Å². The number of halogens is 8. The Balaban J connectivity index is 0.000000500. The summed E-state index contributed by atoms with van der Waals surface area (Å²) in [6, 6.07) is -1.89. The van der Waals surface area contributed by atoms with Crippen LogP contribution in [0, 0.1) is 46.5 Å². The molecule has 2 aromatic carbocycles. The molecule has 0 aliphatic heterocycles. The van der Waals surface area contributed by atoms with E-state index >= 15 is 0 Å². The molecule has 0 spiro atoms. The van der Waals surface area contributed by atoms with Crippen molar-refractivity contribution >= 4 is 39.4 Å². The van der Waals surface area contributed by atoms with Crippen LogP contribution in [0.1, 0.15) is 23.2 Å². The lowest BCUT2D eigenvalue weighted by Crippen LogP contribution is -2.68. The van der Waals surface area contributed by atoms with E-state index in [1.54, 1.807) is 19.0 Å². The monoisotopic (exact) mass is 733 g/mol. The number of likely N-dealkylation sites (N-methyl/N-ethyl adjacent to an activating group) is 1. The summed E-state index contributed by atoms with van der Waals surface area (Å²) >= 11 is 0. The Morgan fingerprint density at radius 3 is 1.78 bits per heavy atom. The van der Waals surface area contributed by atoms with Crippen LogP contribution in [0.5, 0.6) is 0 Å². The largest absolute Gasteiger partial charge is 0.544 e. The molecular weight excluding hydrogens is 710 g/mol. The van der Waals surface area contributed by atoms with E-state index in [4.69, 9.17) is 16.8 Å². The number of nitrogens with two attached hydrogens (primary N) is 1. The number of sulfonamides is 1. The van der Waals surface area contributed by atoms with Crippen molar-refractivity contribution < 1.29 is 68.7 Å². The number of aliphatic imine (C=N–C) groups is 1. The van der Waals surface area contributed by atoms with Crippen LogP contribution in [0.3, 0.4) is 0 Å². The maximum Gasteiger partial charge on any atom is 0.352 e. The molecule has 0 saturated carbocycles. The predicted molar refractivity (Wildman–Crippen MR) is 147 cm³/mol. The second kappa shape index (κ2) is 18.3. The van der Waals surface area contributed by atoms with Gasteiger partial charge in [-0.2, -0.15) is 0 Å². The van der Waals surface area contributed by atoms with Crippen LogP contribution >= 0.6 is 0 Å². The Labute approximate surface area is 269 Å². The maximum atomic E-state index is 13.8. The summed E-state index contributed by atoms with van der Waals surface area (Å²) in [5.74, 6) is -20.3. The normalized spacial score (nSPS) is 12.0. The minimum Gasteiger partial charge on any atom is -0.544 e. The first-order valence-electron chi connectivity index (χ1n) is 12.8. The van der Waals surface area contributed by atoms with Crippen molar-refractivity contribution in [3.63, 3.8) is 0 Å². The summed E-state index contributed by atoms with van der Waals surface area (Å²) in [6.07, 6.45) is 0.209. The summed E-state index contributed by atoms with van der Waals surface area (Å²) in [7, 11) is -1.61. The summed E-state index contributed by atoms with van der Waals surface area (Å²) in [5, 5.41) is 15.4. The number of rotatable bonds is 13. The van der Waals surface area contributed by atoms with Crippen LogP contribution in [0.25, 0.3) is 20.9 Å². The molecule has 2 rings (SSSR count). The minimum absolute atomic E-state index is 0.0631. The number of carbonyl (C=O) groups excluding carboxylic acids is 2. The Morgan fingerprint density at radius 2 is 1.37 bits per heavy atom. The van der Waals surface area contributed by atoms with E-state index < -0.39 is 102 Å². The standard InChI is InChI=1S/C13H12F4N6O4.C10H11F4N5O2S/c14-6-5(7(15)9(17)10(8(6)16)22-23-20)12(26)27-13(19)21-3-1-2-4(18)11(24)25;1-19(2)4-3-16-22(20,21)10-7(13)5(11)9(17-18-15)6(12)8(10)14/h4H,1-3,18H2,(H2,19,21)(H,24,25);16H,3-4H2,1-2H3. The van der Waals surface area contributed by atoms with Crippen LogP contribution in [-0.2, 0) is 19.6 Å². The van der Waals surface area contributed by atoms with Crippen LogP contribution in [0.4, 0.5) is 46.5 Å². The van der Waals surface area contributed by atoms with Gasteiger partial charge < -0.3 is 31.0 Å². The SMILES string of the molecule is CN(C)CCNS(=O)(=O)c1c(F)c(F)c(N=[N+]=[N-])c(F)c1F.[N-]=[N+]=Nc1c(F)c(F)c(C(=O)OC(N)=NCCCC([NH3+])C(=O)[O-])c(F)c1F. The number of nitrogens with one attached hydrogen (secondary N) is 1. The number of hydrogen-bond donors (Lipinski definition) is 3. The van der Waals surface area contributed by atoms with E-state index in [-0.39, 0.29) is 32.5 Å². The topological polar surface area (TPSA) is 279 Å². The average Bonchev–Trinajstić information content (AvgIpc) is 3.01. The first-order chi connectivity index (χ1) is 22.7. The summed E-state index contributed by atoms with van der Waals surface area (Å²) in [5.41, 5.74) is 19.8. The molecule has 49 heavy (non-hydrogen) atoms. The first kappa shape index (κ1) is 41.8. The number of carbonyl (C=O) groups is 2. The molecule has 0 radical (unpaired) electrons. The molecular formula is C23H23F8N11O6S. The van der Waals surface area contributed by atoms with Gasteiger partial charge in [0.25, 0.3) is 6.02 Å². The zero-order chi connectivity index (χ0) is 37.8. The molecule has 0 heterocycles. The van der Waals surface area contributed by atoms with Gasteiger partial charge in [-0.3, -0.25) is 0 Å². The molecule has 6 N–H and O–H groups in total. The van der Waals surface area contributed by atoms with Gasteiger partial charge in [0.05, 0.1) is 5.97 Å². The number of benzene rings is 2. The van der Waals surface area contributed by atoms with Crippen molar-refractivity contribution in [1.82, 2.24) is 9.62 Å². The fraction of sp³-hybridized carbons (Fsp3) is 0.348. The van der Waals surface area contributed by atoms with Crippen molar-refractivity contribution in [1.29, 1.82) is 0 Å². The minimum atomic E-state index is -4.84. The van der Waals surface area contributed by atoms with Crippen LogP contribution < -0.4 is 21.3 Å². The van der Waals surface area contributed by atoms with Gasteiger partial charge in [0.15, 0.2) is 51.4 Å². The molecule has 0 aliphatic rings. The molecule has 0 amide bonds. The zero-order valence-corrected chi connectivity index (χ0v) is 25.7. The first-order valence-corrected chi connectivity index (χ1v) is 14.3. The second-order valence-corrected chi connectivity index (χ2v) is 11.0. The second-order valence-electron chi connectivity index (χ2n) is 9.26. The summed E-state index contributed by atoms with van der Waals surface area (Å²) in [4.78, 5) is 29.4. The fourth-order valence-electron chi connectivity index (χ4n) is 3.20. The van der Waals surface area contributed by atoms with Crippen molar-refractivity contribution in [2.24, 2.45) is 21.0 Å². The van der Waals surface area contributed by atoms with Crippen molar-refractivity contribution in [2.75, 3.05) is 33.7 Å². The predicted octanol–water partition coefficient (Wildman–Crippen LogP) is 1.82. The lowest BCUT2D eigenvalue weighted by molar-refractivity contribution is -0.438. The number of hydrogen-bond acceptors (Lipinski definition) is 10. The van der Waals surface area contributed by atoms with Crippen LogP contribution in [0.15, 0.2) is 20.1 Å². The van der Waals surface area contributed by atoms with E-state index in [2.05, 4.69) is 25.7 Å². The number of ether oxygens (including phenoxy) is 1. The highest BCUT2D eigenvalue weighted by Crippen LogP contribution is 2.33. The van der Waals surface area contributed by atoms with Crippen LogP contribution in [-0.4, -0.2) is 71.0 Å². The highest BCUT2D eigenvalue weighted by Gasteiger charge is 2.33. The average molecular weight is 734 g/mol. The van der Waals surface area contributed by atoms with Gasteiger partial charge in [0.2, 0.25) is 10.0 Å². The van der Waals surface area contributed by atoms with E-state index in [0.29, 0.717) is 0 Å². The number of amidine groups is 1. The number of azide groups is 2. The molecule has 268 valence electrons. The summed E-state index contributed by atoms with van der Waals surface area (Å²) in [6.45, 7) is -0.193. The third kappa shape index (κ3) is 10.9. The number of nitrogens with zero attached hydrogens (tertiary/aromatic N) is 8. The zero-order valence-electron chi connectivity index (χ0n) is 24.9. The third-order valence-electron chi connectivity index (χ3n) is 5.56. The number of carboxylic acids is 1. The van der Waals surface area contributed by atoms with Crippen molar-refractivity contribution in [3.05, 3.63) is 73.0 Å². The van der Waals surface area contributed by atoms with Crippen LogP contribution in [0.2, 0.25) is 0 Å². The number of carboxylic acid groups (broad SMARTS) is 1. The number of quaternary nitrogens is 1. The van der Waals surface area contributed by atoms with Gasteiger partial charge >= 0.3 is 5.97 Å². The Bertz CT molecular complexity index is 1780. The van der Waals surface area contributed by atoms with E-state index in [9.17, 15) is 58.2 Å². The molecule has 1 unspecified atom stereocenters. The Hall–Kier alpha value is -5.26. The number of esters is 1. The Kier molecular flexibility index (Phi) is 15.6. The molecule has 0 bridgehead atoms. The van der Waals surface area contributed by atoms with Crippen molar-refractivity contribution in [3.8, 4) is 0 Å². The lowest BCUT2D eigenvalue weighted by atomic mass is 10.1.